The molecular weight excluding hydrogens is 312 g/mol. The molecule has 0 aromatic heterocycles. The average Bonchev–Trinajstić information content (AvgIpc) is 3.08. The lowest BCUT2D eigenvalue weighted by Gasteiger charge is -2.18. The van der Waals surface area contributed by atoms with E-state index in [1.165, 1.54) is 83.2 Å². The summed E-state index contributed by atoms with van der Waals surface area (Å²) >= 11 is 0. The second-order valence-electron chi connectivity index (χ2n) is 8.06. The van der Waals surface area contributed by atoms with Gasteiger partial charge in [-0.05, 0) is 82.5 Å². The van der Waals surface area contributed by atoms with Gasteiger partial charge in [0.05, 0.1) is 0 Å². The number of hydrogen-bond donors (Lipinski definition) is 0. The largest absolute Gasteiger partial charge is 0.0741 e. The Morgan fingerprint density at radius 3 is 2.35 bits per heavy atom. The van der Waals surface area contributed by atoms with Gasteiger partial charge in [0, 0.05) is 0 Å². The van der Waals surface area contributed by atoms with Gasteiger partial charge in [0.1, 0.15) is 0 Å². The monoisotopic (exact) mass is 342 g/mol. The second-order valence-corrected chi connectivity index (χ2v) is 8.06. The van der Waals surface area contributed by atoms with E-state index in [0.717, 1.165) is 5.92 Å². The highest BCUT2D eigenvalue weighted by atomic mass is 14.2. The van der Waals surface area contributed by atoms with Gasteiger partial charge in [-0.25, -0.2) is 0 Å². The Labute approximate surface area is 158 Å². The zero-order chi connectivity index (χ0) is 17.9. The van der Waals surface area contributed by atoms with Crippen LogP contribution in [-0.4, -0.2) is 0 Å². The van der Waals surface area contributed by atoms with E-state index in [1.54, 1.807) is 0 Å². The average molecular weight is 343 g/mol. The van der Waals surface area contributed by atoms with Crippen molar-refractivity contribution in [3.8, 4) is 11.1 Å². The van der Waals surface area contributed by atoms with E-state index in [0.29, 0.717) is 0 Å². The summed E-state index contributed by atoms with van der Waals surface area (Å²) in [6.07, 6.45) is 16.7. The molecule has 2 aromatic carbocycles. The van der Waals surface area contributed by atoms with Crippen LogP contribution in [0.15, 0.2) is 48.0 Å². The van der Waals surface area contributed by atoms with E-state index < -0.39 is 0 Å². The predicted molar refractivity (Wildman–Crippen MR) is 113 cm³/mol. The molecule has 4 rings (SSSR count). The Kier molecular flexibility index (Phi) is 5.11. The Balaban J connectivity index is 1.72. The number of rotatable bonds is 4. The quantitative estimate of drug-likeness (QED) is 0.669. The van der Waals surface area contributed by atoms with Crippen molar-refractivity contribution in [3.05, 3.63) is 69.6 Å². The van der Waals surface area contributed by atoms with E-state index in [4.69, 9.17) is 0 Å². The van der Waals surface area contributed by atoms with Crippen LogP contribution in [0.4, 0.5) is 0 Å². The van der Waals surface area contributed by atoms with Crippen molar-refractivity contribution in [1.82, 2.24) is 0 Å². The van der Waals surface area contributed by atoms with Gasteiger partial charge < -0.3 is 0 Å². The molecule has 0 N–H and O–H groups in total. The summed E-state index contributed by atoms with van der Waals surface area (Å²) in [5.74, 6) is 0.776. The molecule has 1 saturated carbocycles. The van der Waals surface area contributed by atoms with Crippen molar-refractivity contribution in [2.24, 2.45) is 5.92 Å². The van der Waals surface area contributed by atoms with Gasteiger partial charge >= 0.3 is 0 Å². The van der Waals surface area contributed by atoms with Crippen molar-refractivity contribution >= 4 is 12.2 Å². The molecule has 0 bridgehead atoms. The Bertz CT molecular complexity index is 919. The van der Waals surface area contributed by atoms with Gasteiger partial charge in [-0.2, -0.15) is 0 Å². The van der Waals surface area contributed by atoms with Gasteiger partial charge in [0.2, 0.25) is 0 Å². The molecule has 0 heterocycles. The fraction of sp³-hybridized carbons (Fsp3) is 0.385. The normalized spacial score (nSPS) is 18.5. The maximum absolute atomic E-state index is 2.53. The van der Waals surface area contributed by atoms with Crippen LogP contribution < -0.4 is 10.4 Å². The van der Waals surface area contributed by atoms with Gasteiger partial charge in [0.15, 0.2) is 0 Å². The summed E-state index contributed by atoms with van der Waals surface area (Å²) in [6.45, 7) is 4.48. The number of hydrogen-bond acceptors (Lipinski definition) is 0. The third-order valence-electron chi connectivity index (χ3n) is 6.01. The van der Waals surface area contributed by atoms with Gasteiger partial charge in [-0.1, -0.05) is 75.1 Å². The second kappa shape index (κ2) is 7.66. The van der Waals surface area contributed by atoms with Crippen LogP contribution in [0, 0.1) is 12.8 Å². The molecule has 2 aliphatic carbocycles. The highest BCUT2D eigenvalue weighted by Crippen LogP contribution is 2.27. The van der Waals surface area contributed by atoms with E-state index in [1.807, 2.05) is 0 Å². The minimum absolute atomic E-state index is 0.776. The fourth-order valence-electron chi connectivity index (χ4n) is 4.53. The summed E-state index contributed by atoms with van der Waals surface area (Å²) in [6, 6.07) is 13.8. The third-order valence-corrected chi connectivity index (χ3v) is 6.01. The van der Waals surface area contributed by atoms with E-state index in [9.17, 15) is 0 Å². The van der Waals surface area contributed by atoms with Crippen LogP contribution in [0.2, 0.25) is 0 Å². The summed E-state index contributed by atoms with van der Waals surface area (Å²) < 4.78 is 0. The van der Waals surface area contributed by atoms with Gasteiger partial charge in [-0.15, -0.1) is 0 Å². The SMILES string of the molecule is CCCc1ccc(-c2ccc(C)c3c2=CC(=CC2CCCCC2)C=3)cc1. The van der Waals surface area contributed by atoms with Gasteiger partial charge in [0.25, 0.3) is 0 Å². The standard InChI is InChI=1S/C26H30/c1-3-7-20-11-13-23(14-12-20)24-15-10-19(2)25-17-22(18-26(24)25)16-21-8-5-4-6-9-21/h10-18,21H,3-9H2,1-2H3. The first-order valence-corrected chi connectivity index (χ1v) is 10.4. The van der Waals surface area contributed by atoms with Crippen LogP contribution >= 0.6 is 0 Å². The van der Waals surface area contributed by atoms with Crippen LogP contribution in [0.1, 0.15) is 56.6 Å². The summed E-state index contributed by atoms with van der Waals surface area (Å²) in [5.41, 5.74) is 6.95. The molecule has 134 valence electrons. The van der Waals surface area contributed by atoms with Crippen LogP contribution in [0.3, 0.4) is 0 Å². The smallest absolute Gasteiger partial charge is 0.00967 e. The Hall–Kier alpha value is -2.08. The molecule has 0 nitrogen and oxygen atoms in total. The maximum atomic E-state index is 2.53. The lowest BCUT2D eigenvalue weighted by atomic mass is 9.88. The molecule has 0 saturated heterocycles. The highest BCUT2D eigenvalue weighted by Gasteiger charge is 2.13. The molecule has 0 spiro atoms. The van der Waals surface area contributed by atoms with E-state index in [2.05, 4.69) is 68.5 Å². The Morgan fingerprint density at radius 2 is 1.62 bits per heavy atom. The molecule has 0 atom stereocenters. The number of benzene rings is 2. The molecule has 2 aromatic rings. The molecule has 0 unspecified atom stereocenters. The number of fused-ring (bicyclic) bond motifs is 1. The minimum Gasteiger partial charge on any atom is -0.0741 e. The summed E-state index contributed by atoms with van der Waals surface area (Å²) in [5, 5.41) is 2.83. The Morgan fingerprint density at radius 1 is 0.885 bits per heavy atom. The lowest BCUT2D eigenvalue weighted by molar-refractivity contribution is 0.419. The van der Waals surface area contributed by atoms with Crippen LogP contribution in [0.25, 0.3) is 23.3 Å². The minimum atomic E-state index is 0.776. The third kappa shape index (κ3) is 3.56. The highest BCUT2D eigenvalue weighted by molar-refractivity contribution is 5.78. The van der Waals surface area contributed by atoms with Crippen molar-refractivity contribution in [3.63, 3.8) is 0 Å². The predicted octanol–water partition coefficient (Wildman–Crippen LogP) is 5.70. The molecule has 1 fully saturated rings. The van der Waals surface area contributed by atoms with Crippen molar-refractivity contribution in [2.75, 3.05) is 0 Å². The first-order valence-electron chi connectivity index (χ1n) is 10.4. The first kappa shape index (κ1) is 17.3. The summed E-state index contributed by atoms with van der Waals surface area (Å²) in [7, 11) is 0. The molecule has 0 heteroatoms. The van der Waals surface area contributed by atoms with Crippen LogP contribution in [-0.2, 0) is 6.42 Å². The molecule has 0 aliphatic heterocycles. The lowest BCUT2D eigenvalue weighted by Crippen LogP contribution is -2.26. The molecule has 2 aliphatic rings. The first-order chi connectivity index (χ1) is 12.7. The molecule has 0 amide bonds. The molecule has 26 heavy (non-hydrogen) atoms. The number of allylic oxidation sites excluding steroid dienone is 2. The van der Waals surface area contributed by atoms with E-state index >= 15 is 0 Å². The van der Waals surface area contributed by atoms with Gasteiger partial charge in [-0.3, -0.25) is 0 Å². The topological polar surface area (TPSA) is 0 Å². The van der Waals surface area contributed by atoms with Crippen molar-refractivity contribution in [2.45, 2.75) is 58.8 Å². The molecule has 0 radical (unpaired) electrons. The van der Waals surface area contributed by atoms with Crippen molar-refractivity contribution < 1.29 is 0 Å². The van der Waals surface area contributed by atoms with E-state index in [-0.39, 0.29) is 0 Å². The van der Waals surface area contributed by atoms with Crippen LogP contribution in [0.5, 0.6) is 0 Å². The molecular formula is C26H30. The zero-order valence-electron chi connectivity index (χ0n) is 16.2. The number of aryl methyl sites for hydroxylation is 2. The zero-order valence-corrected chi connectivity index (χ0v) is 16.2. The fourth-order valence-corrected chi connectivity index (χ4v) is 4.53. The maximum Gasteiger partial charge on any atom is -0.00967 e. The van der Waals surface area contributed by atoms with Crippen molar-refractivity contribution in [1.29, 1.82) is 0 Å². The summed E-state index contributed by atoms with van der Waals surface area (Å²) in [4.78, 5) is 0.